The number of hydrogen-bond acceptors (Lipinski definition) is 3. The Morgan fingerprint density at radius 3 is 2.50 bits per heavy atom. The molecule has 0 bridgehead atoms. The lowest BCUT2D eigenvalue weighted by molar-refractivity contribution is -0.136. The van der Waals surface area contributed by atoms with E-state index in [0.29, 0.717) is 18.5 Å². The van der Waals surface area contributed by atoms with Gasteiger partial charge in [-0.25, -0.2) is 0 Å². The predicted octanol–water partition coefficient (Wildman–Crippen LogP) is 2.11. The van der Waals surface area contributed by atoms with Gasteiger partial charge in [-0.2, -0.15) is 0 Å². The summed E-state index contributed by atoms with van der Waals surface area (Å²) in [4.78, 5) is 37.6. The molecule has 120 valence electrons. The molecule has 5 heteroatoms. The smallest absolute Gasteiger partial charge is 0.255 e. The normalized spacial score (nSPS) is 20.1. The third-order valence-corrected chi connectivity index (χ3v) is 4.63. The Morgan fingerprint density at radius 1 is 0.958 bits per heavy atom. The number of fused-ring (bicyclic) bond motifs is 1. The molecule has 24 heavy (non-hydrogen) atoms. The number of nitrogens with one attached hydrogen (secondary N) is 1. The van der Waals surface area contributed by atoms with Gasteiger partial charge >= 0.3 is 0 Å². The van der Waals surface area contributed by atoms with Crippen LogP contribution in [-0.4, -0.2) is 28.7 Å². The van der Waals surface area contributed by atoms with Crippen molar-refractivity contribution in [3.8, 4) is 11.1 Å². The number of imide groups is 1. The van der Waals surface area contributed by atoms with Crippen LogP contribution in [-0.2, 0) is 16.1 Å². The van der Waals surface area contributed by atoms with E-state index >= 15 is 0 Å². The number of piperidine rings is 1. The zero-order chi connectivity index (χ0) is 16.7. The summed E-state index contributed by atoms with van der Waals surface area (Å²) < 4.78 is 0. The molecular formula is C19H16N2O3. The first-order chi connectivity index (χ1) is 11.6. The van der Waals surface area contributed by atoms with Crippen LogP contribution in [0, 0.1) is 0 Å². The molecule has 1 N–H and O–H groups in total. The van der Waals surface area contributed by atoms with Crippen molar-refractivity contribution in [2.75, 3.05) is 0 Å². The second-order valence-corrected chi connectivity index (χ2v) is 6.14. The number of amides is 3. The number of benzene rings is 2. The minimum atomic E-state index is -0.567. The van der Waals surface area contributed by atoms with Crippen LogP contribution in [0.15, 0.2) is 48.5 Å². The molecule has 2 aliphatic rings. The van der Waals surface area contributed by atoms with Crippen LogP contribution in [0.25, 0.3) is 11.1 Å². The molecule has 4 rings (SSSR count). The molecular weight excluding hydrogens is 304 g/mol. The van der Waals surface area contributed by atoms with Crippen LogP contribution in [0.1, 0.15) is 28.8 Å². The lowest BCUT2D eigenvalue weighted by atomic mass is 10.0. The lowest BCUT2D eigenvalue weighted by Crippen LogP contribution is -2.52. The highest BCUT2D eigenvalue weighted by Crippen LogP contribution is 2.31. The number of carbonyl (C=O) groups excluding carboxylic acids is 3. The largest absolute Gasteiger partial charge is 0.322 e. The van der Waals surface area contributed by atoms with Gasteiger partial charge < -0.3 is 4.90 Å². The SMILES string of the molecule is O=C1CCC(N2Cc3cc(-c4ccccc4)ccc3C2=O)C(=O)N1. The summed E-state index contributed by atoms with van der Waals surface area (Å²) >= 11 is 0. The third kappa shape index (κ3) is 2.38. The molecule has 2 heterocycles. The molecule has 0 spiro atoms. The zero-order valence-corrected chi connectivity index (χ0v) is 13.0. The molecule has 2 aromatic carbocycles. The number of carbonyl (C=O) groups is 3. The molecule has 0 radical (unpaired) electrons. The number of hydrogen-bond donors (Lipinski definition) is 1. The van der Waals surface area contributed by atoms with Gasteiger partial charge in [0.05, 0.1) is 0 Å². The monoisotopic (exact) mass is 320 g/mol. The maximum absolute atomic E-state index is 12.6. The van der Waals surface area contributed by atoms with Gasteiger partial charge in [0.2, 0.25) is 11.8 Å². The molecule has 0 saturated carbocycles. The van der Waals surface area contributed by atoms with Gasteiger partial charge in [-0.05, 0) is 35.2 Å². The van der Waals surface area contributed by atoms with Gasteiger partial charge in [0.25, 0.3) is 5.91 Å². The van der Waals surface area contributed by atoms with E-state index in [0.717, 1.165) is 16.7 Å². The van der Waals surface area contributed by atoms with E-state index in [9.17, 15) is 14.4 Å². The lowest BCUT2D eigenvalue weighted by Gasteiger charge is -2.29. The maximum Gasteiger partial charge on any atom is 0.255 e. The van der Waals surface area contributed by atoms with Gasteiger partial charge in [0.15, 0.2) is 0 Å². The second-order valence-electron chi connectivity index (χ2n) is 6.14. The van der Waals surface area contributed by atoms with Crippen LogP contribution in [0.5, 0.6) is 0 Å². The minimum absolute atomic E-state index is 0.140. The van der Waals surface area contributed by atoms with Crippen LogP contribution in [0.4, 0.5) is 0 Å². The van der Waals surface area contributed by atoms with Gasteiger partial charge in [-0.15, -0.1) is 0 Å². The first-order valence-corrected chi connectivity index (χ1v) is 7.96. The second kappa shape index (κ2) is 5.60. The van der Waals surface area contributed by atoms with Crippen LogP contribution in [0.3, 0.4) is 0 Å². The molecule has 1 atom stereocenters. The van der Waals surface area contributed by atoms with Crippen molar-refractivity contribution >= 4 is 17.7 Å². The van der Waals surface area contributed by atoms with Crippen LogP contribution >= 0.6 is 0 Å². The van der Waals surface area contributed by atoms with Gasteiger partial charge in [0, 0.05) is 18.5 Å². The van der Waals surface area contributed by atoms with Crippen molar-refractivity contribution in [3.63, 3.8) is 0 Å². The molecule has 3 amide bonds. The average molecular weight is 320 g/mol. The Labute approximate surface area is 139 Å². The summed E-state index contributed by atoms with van der Waals surface area (Å²) in [5.74, 6) is -0.790. The van der Waals surface area contributed by atoms with Crippen LogP contribution in [0.2, 0.25) is 0 Å². The van der Waals surface area contributed by atoms with Crippen molar-refractivity contribution < 1.29 is 14.4 Å². The van der Waals surface area contributed by atoms with Crippen molar-refractivity contribution in [2.45, 2.75) is 25.4 Å². The van der Waals surface area contributed by atoms with Crippen LogP contribution < -0.4 is 5.32 Å². The Bertz CT molecular complexity index is 845. The summed E-state index contributed by atoms with van der Waals surface area (Å²) in [6.45, 7) is 0.404. The Morgan fingerprint density at radius 2 is 1.75 bits per heavy atom. The first kappa shape index (κ1) is 14.6. The highest BCUT2D eigenvalue weighted by atomic mass is 16.2. The average Bonchev–Trinajstić information content (AvgIpc) is 2.92. The molecule has 2 aliphatic heterocycles. The first-order valence-electron chi connectivity index (χ1n) is 7.96. The van der Waals surface area contributed by atoms with Crippen molar-refractivity contribution in [1.82, 2.24) is 10.2 Å². The predicted molar refractivity (Wildman–Crippen MR) is 87.9 cm³/mol. The summed E-state index contributed by atoms with van der Waals surface area (Å²) in [6, 6.07) is 15.2. The summed E-state index contributed by atoms with van der Waals surface area (Å²) in [6.07, 6.45) is 0.654. The third-order valence-electron chi connectivity index (χ3n) is 4.63. The highest BCUT2D eigenvalue weighted by molar-refractivity contribution is 6.05. The van der Waals surface area contributed by atoms with E-state index in [1.165, 1.54) is 0 Å². The topological polar surface area (TPSA) is 66.5 Å². The number of rotatable bonds is 2. The molecule has 0 aromatic heterocycles. The quantitative estimate of drug-likeness (QED) is 0.862. The van der Waals surface area contributed by atoms with E-state index < -0.39 is 6.04 Å². The molecule has 0 aliphatic carbocycles. The highest BCUT2D eigenvalue weighted by Gasteiger charge is 2.39. The Balaban J connectivity index is 1.63. The zero-order valence-electron chi connectivity index (χ0n) is 13.0. The summed E-state index contributed by atoms with van der Waals surface area (Å²) in [7, 11) is 0. The van der Waals surface area contributed by atoms with E-state index in [1.54, 1.807) is 4.90 Å². The molecule has 1 unspecified atom stereocenters. The molecule has 1 saturated heterocycles. The summed E-state index contributed by atoms with van der Waals surface area (Å²) in [5.41, 5.74) is 3.70. The van der Waals surface area contributed by atoms with Gasteiger partial charge in [-0.1, -0.05) is 36.4 Å². The maximum atomic E-state index is 12.6. The number of nitrogens with zero attached hydrogens (tertiary/aromatic N) is 1. The standard InChI is InChI=1S/C19H16N2O3/c22-17-9-8-16(18(23)20-17)21-11-14-10-13(6-7-15(14)19(21)24)12-4-2-1-3-5-12/h1-7,10,16H,8-9,11H2,(H,20,22,23). The van der Waals surface area contributed by atoms with Crippen molar-refractivity contribution in [2.24, 2.45) is 0 Å². The van der Waals surface area contributed by atoms with Gasteiger partial charge in [-0.3, -0.25) is 19.7 Å². The molecule has 1 fully saturated rings. The van der Waals surface area contributed by atoms with Crippen molar-refractivity contribution in [1.29, 1.82) is 0 Å². The van der Waals surface area contributed by atoms with E-state index in [1.807, 2.05) is 48.5 Å². The fourth-order valence-electron chi connectivity index (χ4n) is 3.38. The van der Waals surface area contributed by atoms with E-state index in [2.05, 4.69) is 5.32 Å². The molecule has 2 aromatic rings. The summed E-state index contributed by atoms with van der Waals surface area (Å²) in [5, 5.41) is 2.32. The Hall–Kier alpha value is -2.95. The van der Waals surface area contributed by atoms with Gasteiger partial charge in [0.1, 0.15) is 6.04 Å². The van der Waals surface area contributed by atoms with Crippen molar-refractivity contribution in [3.05, 3.63) is 59.7 Å². The molecule has 5 nitrogen and oxygen atoms in total. The minimum Gasteiger partial charge on any atom is -0.322 e. The van der Waals surface area contributed by atoms with E-state index in [-0.39, 0.29) is 24.1 Å². The fraction of sp³-hybridized carbons (Fsp3) is 0.211. The fourth-order valence-corrected chi connectivity index (χ4v) is 3.38. The Kier molecular flexibility index (Phi) is 3.41. The van der Waals surface area contributed by atoms with E-state index in [4.69, 9.17) is 0 Å².